The summed E-state index contributed by atoms with van der Waals surface area (Å²) in [6, 6.07) is 11.8. The quantitative estimate of drug-likeness (QED) is 0.608. The summed E-state index contributed by atoms with van der Waals surface area (Å²) in [5.74, 6) is -0.168. The lowest BCUT2D eigenvalue weighted by Crippen LogP contribution is -2.54. The minimum absolute atomic E-state index is 0.164. The number of fused-ring (bicyclic) bond motifs is 1. The van der Waals surface area contributed by atoms with Crippen LogP contribution in [0.5, 0.6) is 0 Å². The summed E-state index contributed by atoms with van der Waals surface area (Å²) in [7, 11) is 0. The third kappa shape index (κ3) is 4.62. The van der Waals surface area contributed by atoms with E-state index in [0.29, 0.717) is 28.6 Å². The lowest BCUT2D eigenvalue weighted by Gasteiger charge is -2.31. The Hall–Kier alpha value is -4.01. The molecule has 0 radical (unpaired) electrons. The van der Waals surface area contributed by atoms with Gasteiger partial charge in [0.2, 0.25) is 5.91 Å². The second-order valence-corrected chi connectivity index (χ2v) is 8.27. The van der Waals surface area contributed by atoms with E-state index in [4.69, 9.17) is 4.98 Å². The SMILES string of the molecule is CC(=O)NC(C)(C)C(=O)N1C=Cn2c(nc(-c3ccc(F)cc3)c2Nc2ccc(F)cc2)C1. The van der Waals surface area contributed by atoms with Crippen molar-refractivity contribution in [2.24, 2.45) is 0 Å². The first-order valence-electron chi connectivity index (χ1n) is 10.3. The number of carbonyl (C=O) groups excluding carboxylic acids is 2. The molecule has 33 heavy (non-hydrogen) atoms. The van der Waals surface area contributed by atoms with Crippen LogP contribution in [0.1, 0.15) is 26.6 Å². The molecule has 0 fully saturated rings. The molecule has 9 heteroatoms. The first-order valence-corrected chi connectivity index (χ1v) is 10.3. The molecule has 2 heterocycles. The van der Waals surface area contributed by atoms with Crippen molar-refractivity contribution in [3.05, 3.63) is 72.2 Å². The normalized spacial score (nSPS) is 12.9. The number of halogens is 2. The van der Waals surface area contributed by atoms with Crippen molar-refractivity contribution in [3.63, 3.8) is 0 Å². The first-order chi connectivity index (χ1) is 15.6. The number of amides is 2. The minimum atomic E-state index is -1.10. The Balaban J connectivity index is 1.72. The smallest absolute Gasteiger partial charge is 0.252 e. The number of nitrogens with one attached hydrogen (secondary N) is 2. The molecule has 3 aromatic rings. The third-order valence-electron chi connectivity index (χ3n) is 5.20. The van der Waals surface area contributed by atoms with Crippen LogP contribution in [0.2, 0.25) is 0 Å². The van der Waals surface area contributed by atoms with Crippen LogP contribution in [-0.4, -0.2) is 31.8 Å². The van der Waals surface area contributed by atoms with Crippen molar-refractivity contribution >= 4 is 29.5 Å². The van der Waals surface area contributed by atoms with Gasteiger partial charge in [0.05, 0.1) is 6.54 Å². The highest BCUT2D eigenvalue weighted by molar-refractivity contribution is 5.91. The first kappa shape index (κ1) is 22.2. The van der Waals surface area contributed by atoms with Crippen LogP contribution >= 0.6 is 0 Å². The van der Waals surface area contributed by atoms with Crippen LogP contribution in [0, 0.1) is 11.6 Å². The van der Waals surface area contributed by atoms with Gasteiger partial charge >= 0.3 is 0 Å². The van der Waals surface area contributed by atoms with E-state index in [1.165, 1.54) is 36.1 Å². The van der Waals surface area contributed by atoms with Gasteiger partial charge in [-0.25, -0.2) is 13.8 Å². The van der Waals surface area contributed by atoms with E-state index in [-0.39, 0.29) is 30.0 Å². The summed E-state index contributed by atoms with van der Waals surface area (Å²) in [5, 5.41) is 5.91. The van der Waals surface area contributed by atoms with Gasteiger partial charge in [-0.1, -0.05) is 0 Å². The van der Waals surface area contributed by atoms with Gasteiger partial charge in [-0.3, -0.25) is 14.2 Å². The fraction of sp³-hybridized carbons (Fsp3) is 0.208. The van der Waals surface area contributed by atoms with Gasteiger partial charge in [0.25, 0.3) is 5.91 Å². The van der Waals surface area contributed by atoms with E-state index in [1.54, 1.807) is 55.1 Å². The molecule has 0 aliphatic carbocycles. The standard InChI is InChI=1S/C24H23F2N5O2/c1-15(32)29-24(2,3)23(33)30-12-13-31-20(14-30)28-21(16-4-6-17(25)7-5-16)22(31)27-19-10-8-18(26)9-11-19/h4-13,27H,14H2,1-3H3,(H,29,32). The predicted molar refractivity (Wildman–Crippen MR) is 121 cm³/mol. The molecular weight excluding hydrogens is 428 g/mol. The number of rotatable bonds is 5. The molecule has 4 rings (SSSR count). The highest BCUT2D eigenvalue weighted by Crippen LogP contribution is 2.34. The molecule has 0 atom stereocenters. The van der Waals surface area contributed by atoms with Gasteiger partial charge in [-0.15, -0.1) is 0 Å². The second kappa shape index (κ2) is 8.50. The Bertz CT molecular complexity index is 1230. The number of aromatic nitrogens is 2. The fourth-order valence-corrected chi connectivity index (χ4v) is 3.69. The summed E-state index contributed by atoms with van der Waals surface area (Å²) in [6.07, 6.45) is 3.30. The zero-order valence-corrected chi connectivity index (χ0v) is 18.4. The number of hydrogen-bond donors (Lipinski definition) is 2. The Kier molecular flexibility index (Phi) is 5.71. The maximum absolute atomic E-state index is 13.5. The molecule has 0 unspecified atom stereocenters. The number of benzene rings is 2. The lowest BCUT2D eigenvalue weighted by atomic mass is 10.0. The van der Waals surface area contributed by atoms with Crippen molar-refractivity contribution in [1.82, 2.24) is 19.8 Å². The Morgan fingerprint density at radius 3 is 2.18 bits per heavy atom. The molecule has 0 bridgehead atoms. The molecule has 7 nitrogen and oxygen atoms in total. The van der Waals surface area contributed by atoms with Crippen molar-refractivity contribution in [1.29, 1.82) is 0 Å². The van der Waals surface area contributed by atoms with Crippen LogP contribution in [0.15, 0.2) is 54.7 Å². The molecular formula is C24H23F2N5O2. The number of imidazole rings is 1. The van der Waals surface area contributed by atoms with E-state index in [0.717, 1.165) is 0 Å². The zero-order valence-electron chi connectivity index (χ0n) is 18.4. The number of nitrogens with zero attached hydrogens (tertiary/aromatic N) is 3. The monoisotopic (exact) mass is 451 g/mol. The van der Waals surface area contributed by atoms with Gasteiger partial charge in [0, 0.05) is 30.6 Å². The van der Waals surface area contributed by atoms with E-state index in [1.807, 2.05) is 0 Å². The summed E-state index contributed by atoms with van der Waals surface area (Å²) in [5.41, 5.74) is 0.767. The van der Waals surface area contributed by atoms with Crippen molar-refractivity contribution in [2.45, 2.75) is 32.9 Å². The van der Waals surface area contributed by atoms with Crippen LogP contribution < -0.4 is 10.6 Å². The molecule has 170 valence electrons. The van der Waals surface area contributed by atoms with Gasteiger partial charge in [-0.05, 0) is 62.4 Å². The van der Waals surface area contributed by atoms with Crippen LogP contribution in [0.25, 0.3) is 17.5 Å². The van der Waals surface area contributed by atoms with Gasteiger partial charge in [-0.2, -0.15) is 0 Å². The van der Waals surface area contributed by atoms with Crippen molar-refractivity contribution in [2.75, 3.05) is 5.32 Å². The molecule has 1 aliphatic heterocycles. The topological polar surface area (TPSA) is 79.3 Å². The minimum Gasteiger partial charge on any atom is -0.342 e. The molecule has 0 saturated heterocycles. The highest BCUT2D eigenvalue weighted by atomic mass is 19.1. The van der Waals surface area contributed by atoms with Crippen LogP contribution in [0.4, 0.5) is 20.3 Å². The van der Waals surface area contributed by atoms with E-state index in [9.17, 15) is 18.4 Å². The van der Waals surface area contributed by atoms with Crippen molar-refractivity contribution in [3.8, 4) is 11.3 Å². The number of hydrogen-bond acceptors (Lipinski definition) is 4. The molecule has 0 saturated carbocycles. The fourth-order valence-electron chi connectivity index (χ4n) is 3.69. The number of anilines is 2. The van der Waals surface area contributed by atoms with E-state index in [2.05, 4.69) is 10.6 Å². The van der Waals surface area contributed by atoms with Crippen LogP contribution in [-0.2, 0) is 16.1 Å². The Labute approximate surface area is 189 Å². The summed E-state index contributed by atoms with van der Waals surface area (Å²) in [4.78, 5) is 30.7. The average Bonchev–Trinajstić information content (AvgIpc) is 3.12. The summed E-state index contributed by atoms with van der Waals surface area (Å²) < 4.78 is 28.6. The maximum atomic E-state index is 13.5. The second-order valence-electron chi connectivity index (χ2n) is 8.27. The summed E-state index contributed by atoms with van der Waals surface area (Å²) in [6.45, 7) is 4.79. The Morgan fingerprint density at radius 1 is 0.970 bits per heavy atom. The van der Waals surface area contributed by atoms with E-state index < -0.39 is 5.54 Å². The highest BCUT2D eigenvalue weighted by Gasteiger charge is 2.34. The van der Waals surface area contributed by atoms with Gasteiger partial charge in [0.1, 0.15) is 34.5 Å². The van der Waals surface area contributed by atoms with Gasteiger partial charge in [0.15, 0.2) is 0 Å². The molecule has 0 spiro atoms. The number of carbonyl (C=O) groups is 2. The lowest BCUT2D eigenvalue weighted by molar-refractivity contribution is -0.138. The zero-order chi connectivity index (χ0) is 23.8. The summed E-state index contributed by atoms with van der Waals surface area (Å²) >= 11 is 0. The third-order valence-corrected chi connectivity index (χ3v) is 5.20. The predicted octanol–water partition coefficient (Wildman–Crippen LogP) is 4.26. The molecule has 2 N–H and O–H groups in total. The van der Waals surface area contributed by atoms with E-state index >= 15 is 0 Å². The largest absolute Gasteiger partial charge is 0.342 e. The molecule has 2 amide bonds. The van der Waals surface area contributed by atoms with Crippen molar-refractivity contribution < 1.29 is 18.4 Å². The van der Waals surface area contributed by atoms with Gasteiger partial charge < -0.3 is 15.5 Å². The average molecular weight is 451 g/mol. The molecule has 1 aliphatic rings. The maximum Gasteiger partial charge on any atom is 0.252 e. The Morgan fingerprint density at radius 2 is 1.58 bits per heavy atom. The van der Waals surface area contributed by atoms with Crippen LogP contribution in [0.3, 0.4) is 0 Å². The molecule has 2 aromatic carbocycles. The molecule has 1 aromatic heterocycles.